The molecule has 1 saturated heterocycles. The lowest BCUT2D eigenvalue weighted by atomic mass is 9.40. The van der Waals surface area contributed by atoms with E-state index in [9.17, 15) is 0 Å². The molecule has 1 nitrogen and oxygen atoms in total. The average Bonchev–Trinajstić information content (AvgIpc) is 2.76. The zero-order chi connectivity index (χ0) is 17.2. The van der Waals surface area contributed by atoms with Crippen molar-refractivity contribution in [3.63, 3.8) is 0 Å². The van der Waals surface area contributed by atoms with Crippen molar-refractivity contribution in [2.75, 3.05) is 0 Å². The molecule has 1 heteroatoms. The van der Waals surface area contributed by atoms with Gasteiger partial charge in [0.05, 0.1) is 0 Å². The Morgan fingerprint density at radius 1 is 0.708 bits per heavy atom. The van der Waals surface area contributed by atoms with Gasteiger partial charge in [-0.15, -0.1) is 0 Å². The van der Waals surface area contributed by atoms with Gasteiger partial charge in [-0.1, -0.05) is 52.8 Å². The monoisotopic (exact) mass is 325 g/mol. The molecule has 0 N–H and O–H groups in total. The van der Waals surface area contributed by atoms with Crippen molar-refractivity contribution in [3.05, 3.63) is 34.9 Å². The van der Waals surface area contributed by atoms with Crippen LogP contribution in [-0.2, 0) is 19.4 Å². The normalized spacial score (nSPS) is 43.8. The summed E-state index contributed by atoms with van der Waals surface area (Å²) >= 11 is 0. The summed E-state index contributed by atoms with van der Waals surface area (Å²) in [5.41, 5.74) is 4.57. The summed E-state index contributed by atoms with van der Waals surface area (Å²) in [5, 5.41) is 0. The summed E-state index contributed by atoms with van der Waals surface area (Å²) in [6.45, 7) is 15.7. The fourth-order valence-electron chi connectivity index (χ4n) is 6.54. The van der Waals surface area contributed by atoms with Gasteiger partial charge in [0.2, 0.25) is 0 Å². The molecule has 0 radical (unpaired) electrons. The highest BCUT2D eigenvalue weighted by Crippen LogP contribution is 2.68. The molecule has 0 bridgehead atoms. The lowest BCUT2D eigenvalue weighted by molar-refractivity contribution is -0.185. The van der Waals surface area contributed by atoms with Gasteiger partial charge in [-0.25, -0.2) is 0 Å². The Morgan fingerprint density at radius 2 is 1.21 bits per heavy atom. The van der Waals surface area contributed by atoms with Crippen LogP contribution in [0.1, 0.15) is 58.2 Å². The quantitative estimate of drug-likeness (QED) is 0.738. The van der Waals surface area contributed by atoms with Gasteiger partial charge >= 0.3 is 0 Å². The maximum atomic E-state index is 2.88. The number of aryl methyl sites for hydroxylation is 2. The Kier molecular flexibility index (Phi) is 4.07. The summed E-state index contributed by atoms with van der Waals surface area (Å²) < 4.78 is 0. The van der Waals surface area contributed by atoms with Crippen LogP contribution < -0.4 is 0 Å². The maximum absolute atomic E-state index is 2.88. The van der Waals surface area contributed by atoms with Gasteiger partial charge in [-0.05, 0) is 72.0 Å². The van der Waals surface area contributed by atoms with Crippen molar-refractivity contribution >= 4 is 0 Å². The summed E-state index contributed by atoms with van der Waals surface area (Å²) in [5.74, 6) is 5.74. The fourth-order valence-corrected chi connectivity index (χ4v) is 6.54. The Morgan fingerprint density at radius 3 is 1.79 bits per heavy atom. The average molecular weight is 326 g/mol. The summed E-state index contributed by atoms with van der Waals surface area (Å²) in [7, 11) is 0. The van der Waals surface area contributed by atoms with Gasteiger partial charge < -0.3 is 0 Å². The fraction of sp³-hybridized carbons (Fsp3) is 0.739. The number of hydrogen-bond acceptors (Lipinski definition) is 1. The molecule has 2 saturated carbocycles. The van der Waals surface area contributed by atoms with Gasteiger partial charge in [0.25, 0.3) is 0 Å². The van der Waals surface area contributed by atoms with Crippen LogP contribution in [0, 0.1) is 35.5 Å². The predicted molar refractivity (Wildman–Crippen MR) is 102 cm³/mol. The topological polar surface area (TPSA) is 3.24 Å². The first kappa shape index (κ1) is 16.6. The Labute approximate surface area is 148 Å². The third kappa shape index (κ3) is 2.16. The molecule has 132 valence electrons. The molecule has 3 aliphatic rings. The number of rotatable bonds is 4. The van der Waals surface area contributed by atoms with Gasteiger partial charge in [0, 0.05) is 18.6 Å². The molecule has 0 aromatic heterocycles. The van der Waals surface area contributed by atoms with E-state index in [1.165, 1.54) is 11.1 Å². The summed E-state index contributed by atoms with van der Waals surface area (Å²) in [6.07, 6.45) is 2.30. The van der Waals surface area contributed by atoms with E-state index in [1.54, 1.807) is 5.56 Å². The van der Waals surface area contributed by atoms with Crippen molar-refractivity contribution in [3.8, 4) is 0 Å². The number of benzene rings is 1. The van der Waals surface area contributed by atoms with Crippen molar-refractivity contribution < 1.29 is 0 Å². The van der Waals surface area contributed by atoms with Gasteiger partial charge in [-0.2, -0.15) is 0 Å². The number of hydrogen-bond donors (Lipinski definition) is 0. The van der Waals surface area contributed by atoms with Crippen LogP contribution in [0.15, 0.2) is 18.2 Å². The molecule has 1 aliphatic heterocycles. The Bertz CT molecular complexity index is 598. The number of fused-ring (bicyclic) bond motifs is 4. The maximum Gasteiger partial charge on any atom is 0.0240 e. The highest BCUT2D eigenvalue weighted by Gasteiger charge is 2.69. The first-order valence-electron chi connectivity index (χ1n) is 10.3. The first-order valence-corrected chi connectivity index (χ1v) is 10.3. The molecular weight excluding hydrogens is 290 g/mol. The van der Waals surface area contributed by atoms with E-state index < -0.39 is 0 Å². The molecule has 4 rings (SSSR count). The molecule has 0 amide bonds. The zero-order valence-corrected chi connectivity index (χ0v) is 16.4. The molecule has 1 aromatic rings. The van der Waals surface area contributed by atoms with Crippen molar-refractivity contribution in [2.45, 2.75) is 73.0 Å². The lowest BCUT2D eigenvalue weighted by Crippen LogP contribution is -2.68. The second-order valence-electron chi connectivity index (χ2n) is 9.08. The molecule has 1 unspecified atom stereocenters. The lowest BCUT2D eigenvalue weighted by Gasteiger charge is -2.67. The van der Waals surface area contributed by atoms with E-state index in [-0.39, 0.29) is 0 Å². The summed E-state index contributed by atoms with van der Waals surface area (Å²) in [6, 6.07) is 8.93. The minimum atomic E-state index is 0.736. The van der Waals surface area contributed by atoms with Crippen LogP contribution in [0.4, 0.5) is 0 Å². The predicted octanol–water partition coefficient (Wildman–Crippen LogP) is 5.17. The van der Waals surface area contributed by atoms with E-state index >= 15 is 0 Å². The van der Waals surface area contributed by atoms with Crippen LogP contribution >= 0.6 is 0 Å². The van der Waals surface area contributed by atoms with Crippen LogP contribution in [0.2, 0.25) is 0 Å². The molecule has 1 heterocycles. The van der Waals surface area contributed by atoms with E-state index in [4.69, 9.17) is 0 Å². The van der Waals surface area contributed by atoms with Crippen LogP contribution in [0.3, 0.4) is 0 Å². The van der Waals surface area contributed by atoms with Crippen molar-refractivity contribution in [1.82, 2.24) is 4.90 Å². The van der Waals surface area contributed by atoms with Crippen LogP contribution in [0.25, 0.3) is 0 Å². The minimum Gasteiger partial charge on any atom is -0.293 e. The van der Waals surface area contributed by atoms with E-state index in [1.807, 2.05) is 0 Å². The second-order valence-corrected chi connectivity index (χ2v) is 9.08. The molecular formula is C23H35N. The van der Waals surface area contributed by atoms with Gasteiger partial charge in [0.1, 0.15) is 0 Å². The molecule has 0 spiro atoms. The molecule has 8 atom stereocenters. The molecule has 3 fully saturated rings. The first-order chi connectivity index (χ1) is 11.5. The summed E-state index contributed by atoms with van der Waals surface area (Å²) in [4.78, 5) is 2.88. The van der Waals surface area contributed by atoms with Crippen LogP contribution in [-0.4, -0.2) is 17.0 Å². The Hall–Kier alpha value is -0.820. The van der Waals surface area contributed by atoms with Crippen molar-refractivity contribution in [2.24, 2.45) is 35.5 Å². The highest BCUT2D eigenvalue weighted by molar-refractivity contribution is 5.31. The van der Waals surface area contributed by atoms with Gasteiger partial charge in [-0.3, -0.25) is 4.90 Å². The number of nitrogens with zero attached hydrogens (tertiary/aromatic N) is 1. The van der Waals surface area contributed by atoms with Gasteiger partial charge in [0.15, 0.2) is 0 Å². The van der Waals surface area contributed by atoms with Crippen LogP contribution in [0.5, 0.6) is 0 Å². The third-order valence-corrected chi connectivity index (χ3v) is 8.29. The third-order valence-electron chi connectivity index (χ3n) is 8.29. The van der Waals surface area contributed by atoms with E-state index in [0.717, 1.165) is 67.0 Å². The smallest absolute Gasteiger partial charge is 0.0240 e. The SMILES string of the molecule is CCc1cc(CC)cc(CN2C3[C@@H]4[C@H](C)[C@H](C)[C@@H]4[C@@H]3[C@H](C)[C@@H]2C)c1. The molecule has 1 aromatic carbocycles. The second kappa shape index (κ2) is 5.87. The van der Waals surface area contributed by atoms with Crippen molar-refractivity contribution in [1.29, 1.82) is 0 Å². The number of likely N-dealkylation sites (tertiary alicyclic amines) is 1. The zero-order valence-electron chi connectivity index (χ0n) is 16.4. The minimum absolute atomic E-state index is 0.736. The standard InChI is InChI=1S/C23H35N/c1-7-17-9-18(8-2)11-19(10-17)12-24-16(6)15(5)22-20-13(3)14(4)21(20)23(22)24/h9-11,13-16,20-23H,7-8,12H2,1-6H3/t13-,14+,15+,16-,20-,21+,22-,23?/m0/s1. The highest BCUT2D eigenvalue weighted by atomic mass is 15.3. The van der Waals surface area contributed by atoms with E-state index in [2.05, 4.69) is 64.6 Å². The Balaban J connectivity index is 1.58. The molecule has 2 aliphatic carbocycles. The van der Waals surface area contributed by atoms with E-state index in [0.29, 0.717) is 0 Å². The largest absolute Gasteiger partial charge is 0.293 e. The molecule has 24 heavy (non-hydrogen) atoms.